The molecule has 0 unspecified atom stereocenters. The molecule has 3 aromatic rings. The lowest BCUT2D eigenvalue weighted by Crippen LogP contribution is -2.37. The van der Waals surface area contributed by atoms with Gasteiger partial charge < -0.3 is 15.0 Å². The minimum atomic E-state index is -3.73. The van der Waals surface area contributed by atoms with Crippen LogP contribution in [-0.2, 0) is 14.8 Å². The van der Waals surface area contributed by atoms with Crippen molar-refractivity contribution in [2.75, 3.05) is 36.5 Å². The largest absolute Gasteiger partial charge is 0.378 e. The number of nitrogens with two attached hydrogens (primary N) is 1. The Bertz CT molecular complexity index is 1070. The van der Waals surface area contributed by atoms with Crippen molar-refractivity contribution in [1.29, 1.82) is 0 Å². The Kier molecular flexibility index (Phi) is 4.60. The summed E-state index contributed by atoms with van der Waals surface area (Å²) in [5, 5.41) is 8.24. The summed E-state index contributed by atoms with van der Waals surface area (Å²) in [6.45, 7) is 2.72. The molecular weight excluding hydrogens is 368 g/mol. The lowest BCUT2D eigenvalue weighted by molar-refractivity contribution is 0.122. The van der Waals surface area contributed by atoms with Gasteiger partial charge in [-0.3, -0.25) is 4.98 Å². The highest BCUT2D eigenvalue weighted by Gasteiger charge is 2.18. The highest BCUT2D eigenvalue weighted by atomic mass is 32.2. The molecule has 0 aliphatic carbocycles. The van der Waals surface area contributed by atoms with Gasteiger partial charge in [-0.2, -0.15) is 4.98 Å². The molecule has 0 amide bonds. The lowest BCUT2D eigenvalue weighted by atomic mass is 10.3. The van der Waals surface area contributed by atoms with E-state index in [2.05, 4.69) is 25.2 Å². The predicted octanol–water partition coefficient (Wildman–Crippen LogP) is 1.25. The van der Waals surface area contributed by atoms with Crippen LogP contribution in [0.4, 0.5) is 17.5 Å². The molecule has 1 aromatic carbocycles. The van der Waals surface area contributed by atoms with Gasteiger partial charge >= 0.3 is 0 Å². The molecule has 1 aliphatic heterocycles. The van der Waals surface area contributed by atoms with Crippen molar-refractivity contribution in [1.82, 2.24) is 15.0 Å². The van der Waals surface area contributed by atoms with Crippen LogP contribution in [0.15, 0.2) is 47.5 Å². The minimum absolute atomic E-state index is 0.0469. The van der Waals surface area contributed by atoms with Crippen molar-refractivity contribution in [3.63, 3.8) is 0 Å². The van der Waals surface area contributed by atoms with E-state index in [-0.39, 0.29) is 4.90 Å². The van der Waals surface area contributed by atoms with Crippen LogP contribution in [-0.4, -0.2) is 49.7 Å². The number of ether oxygens (including phenoxy) is 1. The Morgan fingerprint density at radius 1 is 1.07 bits per heavy atom. The lowest BCUT2D eigenvalue weighted by Gasteiger charge is -2.28. The number of hydrogen-bond acceptors (Lipinski definition) is 8. The van der Waals surface area contributed by atoms with Crippen molar-refractivity contribution >= 4 is 38.5 Å². The van der Waals surface area contributed by atoms with Gasteiger partial charge in [0.2, 0.25) is 16.0 Å². The summed E-state index contributed by atoms with van der Waals surface area (Å²) in [7, 11) is -3.73. The Morgan fingerprint density at radius 3 is 2.52 bits per heavy atom. The van der Waals surface area contributed by atoms with Crippen LogP contribution in [0, 0.1) is 0 Å². The molecule has 2 aromatic heterocycles. The fraction of sp³-hybridized carbons (Fsp3) is 0.235. The SMILES string of the molecule is NS(=O)(=O)c1ccc(Nc2nc(N3CCOCC3)c3ncccc3n2)cc1. The van der Waals surface area contributed by atoms with E-state index in [1.54, 1.807) is 18.3 Å². The number of aromatic nitrogens is 3. The van der Waals surface area contributed by atoms with Crippen molar-refractivity contribution in [3.05, 3.63) is 42.6 Å². The number of primary sulfonamides is 1. The second-order valence-electron chi connectivity index (χ2n) is 6.04. The number of nitrogens with zero attached hydrogens (tertiary/aromatic N) is 4. The summed E-state index contributed by atoms with van der Waals surface area (Å²) in [6, 6.07) is 9.80. The maximum atomic E-state index is 11.4. The molecule has 3 N–H and O–H groups in total. The van der Waals surface area contributed by atoms with Gasteiger partial charge in [-0.05, 0) is 36.4 Å². The molecule has 140 valence electrons. The van der Waals surface area contributed by atoms with Gasteiger partial charge in [-0.25, -0.2) is 18.5 Å². The fourth-order valence-corrected chi connectivity index (χ4v) is 3.38. The van der Waals surface area contributed by atoms with Crippen molar-refractivity contribution in [2.45, 2.75) is 4.90 Å². The first-order valence-corrected chi connectivity index (χ1v) is 9.91. The zero-order valence-electron chi connectivity index (χ0n) is 14.4. The van der Waals surface area contributed by atoms with Gasteiger partial charge in [0.1, 0.15) is 5.52 Å². The zero-order valence-corrected chi connectivity index (χ0v) is 15.2. The van der Waals surface area contributed by atoms with E-state index in [4.69, 9.17) is 9.88 Å². The third-order valence-corrected chi connectivity index (χ3v) is 5.12. The first-order valence-electron chi connectivity index (χ1n) is 8.36. The number of hydrogen-bond donors (Lipinski definition) is 2. The van der Waals surface area contributed by atoms with Gasteiger partial charge in [-0.15, -0.1) is 0 Å². The van der Waals surface area contributed by atoms with E-state index in [0.29, 0.717) is 24.8 Å². The van der Waals surface area contributed by atoms with Crippen molar-refractivity contribution in [3.8, 4) is 0 Å². The second-order valence-corrected chi connectivity index (χ2v) is 7.60. The molecule has 27 heavy (non-hydrogen) atoms. The number of benzene rings is 1. The quantitative estimate of drug-likeness (QED) is 0.687. The topological polar surface area (TPSA) is 123 Å². The number of anilines is 3. The van der Waals surface area contributed by atoms with E-state index in [9.17, 15) is 8.42 Å². The smallest absolute Gasteiger partial charge is 0.238 e. The molecule has 10 heteroatoms. The standard InChI is InChI=1S/C17H18N6O3S/c18-27(24,25)13-5-3-12(4-6-13)20-17-21-14-2-1-7-19-15(14)16(22-17)23-8-10-26-11-9-23/h1-7H,8-11H2,(H2,18,24,25)(H,20,21,22). The van der Waals surface area contributed by atoms with Crippen LogP contribution in [0.3, 0.4) is 0 Å². The van der Waals surface area contributed by atoms with Crippen LogP contribution >= 0.6 is 0 Å². The molecule has 0 atom stereocenters. The molecular formula is C17H18N6O3S. The van der Waals surface area contributed by atoms with Gasteiger partial charge in [0.25, 0.3) is 0 Å². The second kappa shape index (κ2) is 7.06. The summed E-state index contributed by atoms with van der Waals surface area (Å²) in [5.41, 5.74) is 2.10. The third-order valence-electron chi connectivity index (χ3n) is 4.19. The van der Waals surface area contributed by atoms with E-state index < -0.39 is 10.0 Å². The number of pyridine rings is 1. The van der Waals surface area contributed by atoms with E-state index in [1.807, 2.05) is 12.1 Å². The predicted molar refractivity (Wildman–Crippen MR) is 101 cm³/mol. The van der Waals surface area contributed by atoms with Crippen LogP contribution in [0.2, 0.25) is 0 Å². The average molecular weight is 386 g/mol. The summed E-state index contributed by atoms with van der Waals surface area (Å²) in [4.78, 5) is 15.7. The number of nitrogens with one attached hydrogen (secondary N) is 1. The Labute approximate surface area is 156 Å². The van der Waals surface area contributed by atoms with E-state index in [1.165, 1.54) is 12.1 Å². The molecule has 1 saturated heterocycles. The molecule has 1 fully saturated rings. The summed E-state index contributed by atoms with van der Waals surface area (Å²) < 4.78 is 28.2. The molecule has 0 spiro atoms. The Balaban J connectivity index is 1.69. The highest BCUT2D eigenvalue weighted by molar-refractivity contribution is 7.89. The monoisotopic (exact) mass is 386 g/mol. The first-order chi connectivity index (χ1) is 13.0. The van der Waals surface area contributed by atoms with Gasteiger partial charge in [0.05, 0.1) is 23.6 Å². The van der Waals surface area contributed by atoms with Crippen LogP contribution in [0.5, 0.6) is 0 Å². The number of fused-ring (bicyclic) bond motifs is 1. The van der Waals surface area contributed by atoms with Crippen LogP contribution in [0.1, 0.15) is 0 Å². The number of morpholine rings is 1. The Hall–Kier alpha value is -2.82. The van der Waals surface area contributed by atoms with Crippen molar-refractivity contribution < 1.29 is 13.2 Å². The molecule has 0 bridgehead atoms. The van der Waals surface area contributed by atoms with Crippen LogP contribution < -0.4 is 15.4 Å². The normalized spacial score (nSPS) is 15.1. The van der Waals surface area contributed by atoms with Crippen molar-refractivity contribution in [2.24, 2.45) is 5.14 Å². The summed E-state index contributed by atoms with van der Waals surface area (Å²) >= 11 is 0. The maximum Gasteiger partial charge on any atom is 0.238 e. The van der Waals surface area contributed by atoms with E-state index in [0.717, 1.165) is 29.9 Å². The van der Waals surface area contributed by atoms with Gasteiger partial charge in [0, 0.05) is 25.0 Å². The molecule has 9 nitrogen and oxygen atoms in total. The molecule has 0 saturated carbocycles. The first kappa shape index (κ1) is 17.6. The zero-order chi connectivity index (χ0) is 18.9. The minimum Gasteiger partial charge on any atom is -0.378 e. The van der Waals surface area contributed by atoms with Crippen LogP contribution in [0.25, 0.3) is 11.0 Å². The van der Waals surface area contributed by atoms with Gasteiger partial charge in [-0.1, -0.05) is 0 Å². The average Bonchev–Trinajstić information content (AvgIpc) is 2.68. The Morgan fingerprint density at radius 2 is 1.81 bits per heavy atom. The fourth-order valence-electron chi connectivity index (χ4n) is 2.86. The molecule has 0 radical (unpaired) electrons. The molecule has 3 heterocycles. The maximum absolute atomic E-state index is 11.4. The summed E-state index contributed by atoms with van der Waals surface area (Å²) in [5.74, 6) is 1.15. The number of rotatable bonds is 4. The molecule has 1 aliphatic rings. The third kappa shape index (κ3) is 3.82. The van der Waals surface area contributed by atoms with Gasteiger partial charge in [0.15, 0.2) is 5.82 Å². The van der Waals surface area contributed by atoms with E-state index >= 15 is 0 Å². The summed E-state index contributed by atoms with van der Waals surface area (Å²) in [6.07, 6.45) is 1.72. The highest BCUT2D eigenvalue weighted by Crippen LogP contribution is 2.25. The molecule has 4 rings (SSSR count). The number of sulfonamides is 1.